The Kier molecular flexibility index (Phi) is 4.45. The summed E-state index contributed by atoms with van der Waals surface area (Å²) in [7, 11) is 0. The molecule has 0 bridgehead atoms. The van der Waals surface area contributed by atoms with E-state index in [-0.39, 0.29) is 19.0 Å². The zero-order valence-electron chi connectivity index (χ0n) is 12.9. The van der Waals surface area contributed by atoms with Crippen molar-refractivity contribution in [1.29, 1.82) is 0 Å². The first-order chi connectivity index (χ1) is 11.1. The first kappa shape index (κ1) is 15.7. The summed E-state index contributed by atoms with van der Waals surface area (Å²) < 4.78 is 1.60. The molecule has 0 aliphatic carbocycles. The summed E-state index contributed by atoms with van der Waals surface area (Å²) in [5.74, 6) is -0.0311. The van der Waals surface area contributed by atoms with E-state index in [1.807, 2.05) is 30.3 Å². The summed E-state index contributed by atoms with van der Waals surface area (Å²) in [6.45, 7) is 0.797. The SMILES string of the molecule is O=C(Cc1ccccc1)N1CC[C@](O)(Cn2cccn2)[C@@H](O)C1. The van der Waals surface area contributed by atoms with Crippen molar-refractivity contribution >= 4 is 5.91 Å². The van der Waals surface area contributed by atoms with Gasteiger partial charge in [0.25, 0.3) is 0 Å². The van der Waals surface area contributed by atoms with Gasteiger partial charge < -0.3 is 15.1 Å². The van der Waals surface area contributed by atoms with Gasteiger partial charge in [-0.05, 0) is 18.1 Å². The zero-order valence-corrected chi connectivity index (χ0v) is 12.9. The molecule has 1 saturated heterocycles. The predicted molar refractivity (Wildman–Crippen MR) is 84.5 cm³/mol. The number of carbonyl (C=O) groups is 1. The van der Waals surface area contributed by atoms with Crippen LogP contribution in [0.3, 0.4) is 0 Å². The molecule has 3 rings (SSSR count). The fourth-order valence-corrected chi connectivity index (χ4v) is 2.93. The van der Waals surface area contributed by atoms with E-state index in [0.29, 0.717) is 19.4 Å². The molecule has 0 unspecified atom stereocenters. The fourth-order valence-electron chi connectivity index (χ4n) is 2.93. The molecule has 6 nitrogen and oxygen atoms in total. The van der Waals surface area contributed by atoms with Crippen molar-refractivity contribution in [2.75, 3.05) is 13.1 Å². The minimum Gasteiger partial charge on any atom is -0.388 e. The summed E-state index contributed by atoms with van der Waals surface area (Å²) in [5, 5.41) is 25.0. The average molecular weight is 315 g/mol. The maximum Gasteiger partial charge on any atom is 0.227 e. The highest BCUT2D eigenvalue weighted by molar-refractivity contribution is 5.79. The van der Waals surface area contributed by atoms with E-state index in [9.17, 15) is 15.0 Å². The number of aliphatic hydroxyl groups excluding tert-OH is 1. The number of aromatic nitrogens is 2. The van der Waals surface area contributed by atoms with Crippen LogP contribution in [-0.4, -0.2) is 55.6 Å². The molecule has 1 aromatic heterocycles. The summed E-state index contributed by atoms with van der Waals surface area (Å²) in [6.07, 6.45) is 3.03. The molecule has 6 heteroatoms. The van der Waals surface area contributed by atoms with Crippen LogP contribution in [0.25, 0.3) is 0 Å². The molecule has 1 aliphatic heterocycles. The number of rotatable bonds is 4. The van der Waals surface area contributed by atoms with Crippen LogP contribution in [0, 0.1) is 0 Å². The summed E-state index contributed by atoms with van der Waals surface area (Å²) >= 11 is 0. The minimum atomic E-state index is -1.25. The average Bonchev–Trinajstić information content (AvgIpc) is 3.04. The van der Waals surface area contributed by atoms with Gasteiger partial charge in [-0.2, -0.15) is 5.10 Å². The number of β-amino-alcohol motifs (C(OH)–C–C–N with tert-alkyl or cyclic N) is 1. The van der Waals surface area contributed by atoms with Crippen LogP contribution >= 0.6 is 0 Å². The molecule has 2 atom stereocenters. The van der Waals surface area contributed by atoms with Crippen molar-refractivity contribution in [2.24, 2.45) is 0 Å². The largest absolute Gasteiger partial charge is 0.388 e. The van der Waals surface area contributed by atoms with Crippen LogP contribution in [0.2, 0.25) is 0 Å². The molecule has 2 heterocycles. The van der Waals surface area contributed by atoms with Gasteiger partial charge in [-0.1, -0.05) is 30.3 Å². The first-order valence-corrected chi connectivity index (χ1v) is 7.76. The highest BCUT2D eigenvalue weighted by atomic mass is 16.3. The Bertz CT molecular complexity index is 644. The molecule has 0 saturated carbocycles. The monoisotopic (exact) mass is 315 g/mol. The van der Waals surface area contributed by atoms with Crippen LogP contribution in [0.15, 0.2) is 48.8 Å². The number of carbonyl (C=O) groups excluding carboxylic acids is 1. The molecule has 2 N–H and O–H groups in total. The second kappa shape index (κ2) is 6.52. The number of amides is 1. The van der Waals surface area contributed by atoms with Crippen molar-refractivity contribution in [3.8, 4) is 0 Å². The highest BCUT2D eigenvalue weighted by Gasteiger charge is 2.42. The van der Waals surface area contributed by atoms with Crippen molar-refractivity contribution in [2.45, 2.75) is 31.1 Å². The number of hydrogen-bond donors (Lipinski definition) is 2. The van der Waals surface area contributed by atoms with Crippen molar-refractivity contribution < 1.29 is 15.0 Å². The lowest BCUT2D eigenvalue weighted by molar-refractivity contribution is -0.152. The minimum absolute atomic E-state index is 0.0311. The van der Waals surface area contributed by atoms with E-state index in [2.05, 4.69) is 5.10 Å². The van der Waals surface area contributed by atoms with Crippen LogP contribution < -0.4 is 0 Å². The molecule has 2 aromatic rings. The van der Waals surface area contributed by atoms with Crippen molar-refractivity contribution in [1.82, 2.24) is 14.7 Å². The number of nitrogens with zero attached hydrogens (tertiary/aromatic N) is 3. The predicted octanol–water partition coefficient (Wildman–Crippen LogP) is 0.450. The molecule has 1 aliphatic rings. The smallest absolute Gasteiger partial charge is 0.227 e. The van der Waals surface area contributed by atoms with Crippen LogP contribution in [-0.2, 0) is 17.8 Å². The highest BCUT2D eigenvalue weighted by Crippen LogP contribution is 2.25. The van der Waals surface area contributed by atoms with Gasteiger partial charge in [0.1, 0.15) is 11.7 Å². The molecule has 0 spiro atoms. The number of benzene rings is 1. The lowest BCUT2D eigenvalue weighted by atomic mass is 9.88. The Hall–Kier alpha value is -2.18. The fraction of sp³-hybridized carbons (Fsp3) is 0.412. The van der Waals surface area contributed by atoms with Gasteiger partial charge in [0.05, 0.1) is 13.0 Å². The molecule has 1 amide bonds. The summed E-state index contributed by atoms with van der Waals surface area (Å²) in [4.78, 5) is 14.0. The van der Waals surface area contributed by atoms with Crippen molar-refractivity contribution in [3.63, 3.8) is 0 Å². The van der Waals surface area contributed by atoms with Gasteiger partial charge in [-0.15, -0.1) is 0 Å². The van der Waals surface area contributed by atoms with Gasteiger partial charge in [-0.3, -0.25) is 9.48 Å². The maximum absolute atomic E-state index is 12.4. The normalized spacial score (nSPS) is 24.6. The molecule has 1 aromatic carbocycles. The molecule has 122 valence electrons. The summed E-state index contributed by atoms with van der Waals surface area (Å²) in [5.41, 5.74) is -0.306. The van der Waals surface area contributed by atoms with Crippen LogP contribution in [0.1, 0.15) is 12.0 Å². The van der Waals surface area contributed by atoms with Gasteiger partial charge in [0.2, 0.25) is 5.91 Å². The third-order valence-corrected chi connectivity index (χ3v) is 4.37. The topological polar surface area (TPSA) is 78.6 Å². The van der Waals surface area contributed by atoms with E-state index in [4.69, 9.17) is 0 Å². The second-order valence-electron chi connectivity index (χ2n) is 6.08. The molecule has 0 radical (unpaired) electrons. The first-order valence-electron chi connectivity index (χ1n) is 7.76. The van der Waals surface area contributed by atoms with Crippen LogP contribution in [0.5, 0.6) is 0 Å². The molecule has 23 heavy (non-hydrogen) atoms. The number of likely N-dealkylation sites (tertiary alicyclic amines) is 1. The van der Waals surface area contributed by atoms with E-state index < -0.39 is 11.7 Å². The van der Waals surface area contributed by atoms with Crippen molar-refractivity contribution in [3.05, 3.63) is 54.4 Å². The van der Waals surface area contributed by atoms with E-state index >= 15 is 0 Å². The molecular formula is C17H21N3O3. The second-order valence-corrected chi connectivity index (χ2v) is 6.08. The van der Waals surface area contributed by atoms with E-state index in [0.717, 1.165) is 5.56 Å². The van der Waals surface area contributed by atoms with Gasteiger partial charge in [0.15, 0.2) is 0 Å². The van der Waals surface area contributed by atoms with Gasteiger partial charge in [0, 0.05) is 25.5 Å². The van der Waals surface area contributed by atoms with E-state index in [1.54, 1.807) is 28.0 Å². The number of piperidine rings is 1. The van der Waals surface area contributed by atoms with Crippen LogP contribution in [0.4, 0.5) is 0 Å². The Morgan fingerprint density at radius 3 is 2.74 bits per heavy atom. The van der Waals surface area contributed by atoms with Gasteiger partial charge in [-0.25, -0.2) is 0 Å². The Morgan fingerprint density at radius 2 is 2.09 bits per heavy atom. The molecular weight excluding hydrogens is 294 g/mol. The summed E-state index contributed by atoms with van der Waals surface area (Å²) in [6, 6.07) is 11.3. The van der Waals surface area contributed by atoms with Gasteiger partial charge >= 0.3 is 0 Å². The third-order valence-electron chi connectivity index (χ3n) is 4.37. The van der Waals surface area contributed by atoms with E-state index in [1.165, 1.54) is 0 Å². The number of aliphatic hydroxyl groups is 2. The molecule has 1 fully saturated rings. The quantitative estimate of drug-likeness (QED) is 0.859. The zero-order chi connectivity index (χ0) is 16.3. The lowest BCUT2D eigenvalue weighted by Gasteiger charge is -2.42. The Labute approximate surface area is 135 Å². The Balaban J connectivity index is 1.60. The third kappa shape index (κ3) is 3.60. The number of hydrogen-bond acceptors (Lipinski definition) is 4. The maximum atomic E-state index is 12.4. The Morgan fingerprint density at radius 1 is 1.30 bits per heavy atom. The standard InChI is InChI=1S/C17H21N3O3/c21-15-12-19(16(22)11-14-5-2-1-3-6-14)10-7-17(15,23)13-20-9-4-8-18-20/h1-6,8-9,15,21,23H,7,10-13H2/t15-,17-/m0/s1. The lowest BCUT2D eigenvalue weighted by Crippen LogP contribution is -2.58.